The number of methoxy groups -OCH3 is 1. The second-order valence-electron chi connectivity index (χ2n) is 7.78. The monoisotopic (exact) mass is 469 g/mol. The molecule has 5 nitrogen and oxygen atoms in total. The van der Waals surface area contributed by atoms with Crippen molar-refractivity contribution >= 4 is 33.4 Å². The molecular weight excluding hydrogens is 446 g/mol. The number of likely N-dealkylation sites (tertiary alicyclic amines) is 1. The zero-order valence-electron chi connectivity index (χ0n) is 16.8. The molecule has 1 atom stereocenters. The molecule has 2 fully saturated rings. The number of nitrogens with zero attached hydrogens (tertiary/aromatic N) is 1. The Morgan fingerprint density at radius 2 is 1.77 bits per heavy atom. The van der Waals surface area contributed by atoms with Crippen molar-refractivity contribution in [1.29, 1.82) is 0 Å². The second-order valence-corrected chi connectivity index (χ2v) is 8.70. The van der Waals surface area contributed by atoms with Crippen molar-refractivity contribution in [3.05, 3.63) is 69.7 Å². The number of ether oxygens (including phenoxy) is 1. The van der Waals surface area contributed by atoms with Crippen molar-refractivity contribution in [2.24, 2.45) is 0 Å². The lowest BCUT2D eigenvalue weighted by Gasteiger charge is -2.35. The minimum atomic E-state index is -0.633. The van der Waals surface area contributed by atoms with Gasteiger partial charge in [0.2, 0.25) is 0 Å². The summed E-state index contributed by atoms with van der Waals surface area (Å²) in [5.41, 5.74) is 1.41. The molecule has 1 amide bonds. The third kappa shape index (κ3) is 3.76. The van der Waals surface area contributed by atoms with Crippen LogP contribution in [0.25, 0.3) is 5.76 Å². The van der Waals surface area contributed by atoms with Gasteiger partial charge < -0.3 is 14.7 Å². The number of halogens is 1. The highest BCUT2D eigenvalue weighted by molar-refractivity contribution is 9.10. The fraction of sp³-hybridized carbons (Fsp3) is 0.333. The van der Waals surface area contributed by atoms with Crippen molar-refractivity contribution < 1.29 is 19.4 Å². The first kappa shape index (κ1) is 20.7. The minimum absolute atomic E-state index is 0.0124. The van der Waals surface area contributed by atoms with Crippen molar-refractivity contribution in [2.45, 2.75) is 44.2 Å². The molecular formula is C24H24BrNO4. The fourth-order valence-electron chi connectivity index (χ4n) is 4.49. The number of benzene rings is 2. The predicted molar refractivity (Wildman–Crippen MR) is 118 cm³/mol. The van der Waals surface area contributed by atoms with E-state index in [1.807, 2.05) is 24.3 Å². The third-order valence-electron chi connectivity index (χ3n) is 5.98. The Labute approximate surface area is 184 Å². The quantitative estimate of drug-likeness (QED) is 0.379. The Hall–Kier alpha value is -2.60. The number of amides is 1. The van der Waals surface area contributed by atoms with Gasteiger partial charge in [0.25, 0.3) is 11.7 Å². The molecule has 0 aromatic heterocycles. The Kier molecular flexibility index (Phi) is 5.95. The highest BCUT2D eigenvalue weighted by atomic mass is 79.9. The molecule has 30 heavy (non-hydrogen) atoms. The molecule has 1 saturated carbocycles. The molecule has 2 aromatic rings. The molecule has 4 rings (SSSR count). The number of carbonyl (C=O) groups excluding carboxylic acids is 2. The van der Waals surface area contributed by atoms with Crippen LogP contribution in [0.2, 0.25) is 0 Å². The molecule has 1 heterocycles. The van der Waals surface area contributed by atoms with Crippen molar-refractivity contribution in [1.82, 2.24) is 4.90 Å². The summed E-state index contributed by atoms with van der Waals surface area (Å²) >= 11 is 3.38. The van der Waals surface area contributed by atoms with Crippen LogP contribution in [0.4, 0.5) is 0 Å². The summed E-state index contributed by atoms with van der Waals surface area (Å²) in [5.74, 6) is -0.667. The van der Waals surface area contributed by atoms with Crippen LogP contribution in [0.5, 0.6) is 5.75 Å². The first-order chi connectivity index (χ1) is 14.5. The number of carbonyl (C=O) groups is 2. The second kappa shape index (κ2) is 8.64. The highest BCUT2D eigenvalue weighted by Crippen LogP contribution is 2.43. The molecule has 0 radical (unpaired) electrons. The normalized spacial score (nSPS) is 21.8. The smallest absolute Gasteiger partial charge is 0.295 e. The van der Waals surface area contributed by atoms with Crippen molar-refractivity contribution in [3.63, 3.8) is 0 Å². The van der Waals surface area contributed by atoms with Crippen LogP contribution in [-0.4, -0.2) is 34.8 Å². The summed E-state index contributed by atoms with van der Waals surface area (Å²) in [7, 11) is 1.58. The van der Waals surface area contributed by atoms with Crippen LogP contribution in [0.3, 0.4) is 0 Å². The van der Waals surface area contributed by atoms with Crippen molar-refractivity contribution in [2.75, 3.05) is 7.11 Å². The van der Waals surface area contributed by atoms with E-state index in [0.717, 1.165) is 42.1 Å². The maximum Gasteiger partial charge on any atom is 0.295 e. The van der Waals surface area contributed by atoms with E-state index in [-0.39, 0.29) is 17.4 Å². The van der Waals surface area contributed by atoms with Crippen LogP contribution in [0.15, 0.2) is 58.6 Å². The zero-order valence-corrected chi connectivity index (χ0v) is 18.4. The molecule has 1 saturated heterocycles. The summed E-state index contributed by atoms with van der Waals surface area (Å²) in [5, 5.41) is 11.1. The van der Waals surface area contributed by atoms with Gasteiger partial charge in [0, 0.05) is 16.1 Å². The largest absolute Gasteiger partial charge is 0.507 e. The van der Waals surface area contributed by atoms with Crippen LogP contribution in [-0.2, 0) is 9.59 Å². The Bertz CT molecular complexity index is 993. The van der Waals surface area contributed by atoms with E-state index in [9.17, 15) is 14.7 Å². The number of hydrogen-bond donors (Lipinski definition) is 1. The first-order valence-corrected chi connectivity index (χ1v) is 11.0. The van der Waals surface area contributed by atoms with Gasteiger partial charge in [0.1, 0.15) is 11.5 Å². The fourth-order valence-corrected chi connectivity index (χ4v) is 4.75. The van der Waals surface area contributed by atoms with Gasteiger partial charge in [-0.15, -0.1) is 0 Å². The molecule has 1 unspecified atom stereocenters. The lowest BCUT2D eigenvalue weighted by atomic mass is 9.91. The minimum Gasteiger partial charge on any atom is -0.507 e. The van der Waals surface area contributed by atoms with E-state index < -0.39 is 17.7 Å². The van der Waals surface area contributed by atoms with Crippen LogP contribution in [0, 0.1) is 0 Å². The molecule has 0 bridgehead atoms. The van der Waals surface area contributed by atoms with Gasteiger partial charge >= 0.3 is 0 Å². The number of hydrogen-bond acceptors (Lipinski definition) is 4. The van der Waals surface area contributed by atoms with Gasteiger partial charge in [-0.05, 0) is 42.7 Å². The number of ketones is 1. The standard InChI is InChI=1S/C24H24BrNO4/c1-30-19-9-5-6-16(14-19)21-20(22(27)15-10-12-17(25)13-11-15)23(28)24(29)26(21)18-7-3-2-4-8-18/h5-6,9-14,18,21,27H,2-4,7-8H2,1H3/b22-20-. The first-order valence-electron chi connectivity index (χ1n) is 10.2. The molecule has 156 valence electrons. The predicted octanol–water partition coefficient (Wildman–Crippen LogP) is 5.21. The summed E-state index contributed by atoms with van der Waals surface area (Å²) in [6.07, 6.45) is 4.94. The van der Waals surface area contributed by atoms with Crippen LogP contribution >= 0.6 is 15.9 Å². The third-order valence-corrected chi connectivity index (χ3v) is 6.50. The lowest BCUT2D eigenvalue weighted by molar-refractivity contribution is -0.141. The van der Waals surface area contributed by atoms with Gasteiger partial charge in [0.15, 0.2) is 0 Å². The summed E-state index contributed by atoms with van der Waals surface area (Å²) in [4.78, 5) is 28.0. The zero-order chi connectivity index (χ0) is 21.3. The van der Waals surface area contributed by atoms with E-state index in [0.29, 0.717) is 11.3 Å². The molecule has 2 aromatic carbocycles. The molecule has 0 spiro atoms. The number of Topliss-reactive ketones (excluding diaryl/α,β-unsaturated/α-hetero) is 1. The number of aliphatic hydroxyl groups excluding tert-OH is 1. The van der Waals surface area contributed by atoms with E-state index in [1.54, 1.807) is 36.3 Å². The molecule has 1 aliphatic heterocycles. The molecule has 1 aliphatic carbocycles. The Balaban J connectivity index is 1.87. The van der Waals surface area contributed by atoms with E-state index in [1.165, 1.54) is 0 Å². The Morgan fingerprint density at radius 1 is 1.07 bits per heavy atom. The number of rotatable bonds is 4. The maximum absolute atomic E-state index is 13.1. The van der Waals surface area contributed by atoms with Crippen LogP contribution in [0.1, 0.15) is 49.3 Å². The molecule has 2 aliphatic rings. The topological polar surface area (TPSA) is 66.8 Å². The average Bonchev–Trinajstić information content (AvgIpc) is 3.05. The molecule has 1 N–H and O–H groups in total. The highest BCUT2D eigenvalue weighted by Gasteiger charge is 2.48. The number of aliphatic hydroxyl groups is 1. The lowest BCUT2D eigenvalue weighted by Crippen LogP contribution is -2.40. The molecule has 6 heteroatoms. The summed E-state index contributed by atoms with van der Waals surface area (Å²) in [6.45, 7) is 0. The van der Waals surface area contributed by atoms with Gasteiger partial charge in [-0.3, -0.25) is 9.59 Å². The van der Waals surface area contributed by atoms with E-state index in [2.05, 4.69) is 15.9 Å². The van der Waals surface area contributed by atoms with Gasteiger partial charge in [-0.2, -0.15) is 0 Å². The maximum atomic E-state index is 13.1. The SMILES string of the molecule is COc1cccc(C2/C(=C(/O)c3ccc(Br)cc3)C(=O)C(=O)N2C2CCCCC2)c1. The average molecular weight is 470 g/mol. The van der Waals surface area contributed by atoms with Crippen molar-refractivity contribution in [3.8, 4) is 5.75 Å². The Morgan fingerprint density at radius 3 is 2.43 bits per heavy atom. The van der Waals surface area contributed by atoms with Gasteiger partial charge in [-0.1, -0.05) is 59.5 Å². The summed E-state index contributed by atoms with van der Waals surface area (Å²) < 4.78 is 6.24. The van der Waals surface area contributed by atoms with E-state index >= 15 is 0 Å². The van der Waals surface area contributed by atoms with Crippen LogP contribution < -0.4 is 4.74 Å². The summed E-state index contributed by atoms with van der Waals surface area (Å²) in [6, 6.07) is 13.8. The van der Waals surface area contributed by atoms with Gasteiger partial charge in [0.05, 0.1) is 18.7 Å². The van der Waals surface area contributed by atoms with Gasteiger partial charge in [-0.25, -0.2) is 0 Å². The van der Waals surface area contributed by atoms with E-state index in [4.69, 9.17) is 4.74 Å².